The van der Waals surface area contributed by atoms with Gasteiger partial charge in [0, 0.05) is 0 Å². The molecule has 0 aliphatic rings. The van der Waals surface area contributed by atoms with Gasteiger partial charge in [-0.3, -0.25) is 13.9 Å². The van der Waals surface area contributed by atoms with E-state index in [1.807, 2.05) is 0 Å². The van der Waals surface area contributed by atoms with Crippen molar-refractivity contribution in [3.05, 3.63) is 29.8 Å². The SMILES string of the molecule is CCOC(=O)Cc1ccc(S(N)(O)O)cc1. The van der Waals surface area contributed by atoms with Crippen LogP contribution in [0.2, 0.25) is 0 Å². The number of nitrogens with two attached hydrogens (primary N) is 1. The Morgan fingerprint density at radius 1 is 1.38 bits per heavy atom. The van der Waals surface area contributed by atoms with E-state index in [2.05, 4.69) is 0 Å². The first-order valence-electron chi connectivity index (χ1n) is 4.74. The summed E-state index contributed by atoms with van der Waals surface area (Å²) in [5, 5.41) is 5.16. The second-order valence-corrected chi connectivity index (χ2v) is 4.88. The third kappa shape index (κ3) is 3.82. The van der Waals surface area contributed by atoms with Crippen LogP contribution in [0.4, 0.5) is 0 Å². The highest BCUT2D eigenvalue weighted by atomic mass is 32.3. The van der Waals surface area contributed by atoms with E-state index in [-0.39, 0.29) is 17.3 Å². The highest BCUT2D eigenvalue weighted by Gasteiger charge is 2.09. The Morgan fingerprint density at radius 2 is 1.94 bits per heavy atom. The Morgan fingerprint density at radius 3 is 2.38 bits per heavy atom. The van der Waals surface area contributed by atoms with Gasteiger partial charge in [0.15, 0.2) is 0 Å². The average Bonchev–Trinajstić information content (AvgIpc) is 2.17. The van der Waals surface area contributed by atoms with Gasteiger partial charge < -0.3 is 4.74 Å². The third-order valence-corrected chi connectivity index (χ3v) is 2.89. The molecule has 90 valence electrons. The highest BCUT2D eigenvalue weighted by molar-refractivity contribution is 8.22. The van der Waals surface area contributed by atoms with Crippen LogP contribution in [0.1, 0.15) is 12.5 Å². The van der Waals surface area contributed by atoms with E-state index in [0.29, 0.717) is 6.61 Å². The van der Waals surface area contributed by atoms with Gasteiger partial charge in [0.05, 0.1) is 17.9 Å². The molecule has 6 heteroatoms. The fourth-order valence-electron chi connectivity index (χ4n) is 1.19. The first-order valence-corrected chi connectivity index (χ1v) is 6.35. The lowest BCUT2D eigenvalue weighted by Crippen LogP contribution is -2.09. The predicted molar refractivity (Wildman–Crippen MR) is 62.1 cm³/mol. The second-order valence-electron chi connectivity index (χ2n) is 3.22. The number of carbonyl (C=O) groups excluding carboxylic acids is 1. The first-order chi connectivity index (χ1) is 7.43. The third-order valence-electron chi connectivity index (χ3n) is 1.92. The molecule has 0 aliphatic heterocycles. The minimum Gasteiger partial charge on any atom is -0.466 e. The monoisotopic (exact) mass is 245 g/mol. The lowest BCUT2D eigenvalue weighted by molar-refractivity contribution is -0.142. The van der Waals surface area contributed by atoms with Crippen LogP contribution >= 0.6 is 10.8 Å². The maximum Gasteiger partial charge on any atom is 0.310 e. The van der Waals surface area contributed by atoms with Crippen molar-refractivity contribution in [3.8, 4) is 0 Å². The van der Waals surface area contributed by atoms with Gasteiger partial charge in [-0.1, -0.05) is 12.1 Å². The van der Waals surface area contributed by atoms with Crippen LogP contribution in [0.25, 0.3) is 0 Å². The Labute approximate surface area is 95.7 Å². The van der Waals surface area contributed by atoms with E-state index in [1.54, 1.807) is 19.1 Å². The summed E-state index contributed by atoms with van der Waals surface area (Å²) in [6, 6.07) is 6.22. The molecule has 0 amide bonds. The summed E-state index contributed by atoms with van der Waals surface area (Å²) in [5.74, 6) is -0.311. The summed E-state index contributed by atoms with van der Waals surface area (Å²) in [6.45, 7) is 2.09. The topological polar surface area (TPSA) is 92.8 Å². The molecule has 1 aromatic carbocycles. The molecular formula is C10H15NO4S. The van der Waals surface area contributed by atoms with E-state index in [0.717, 1.165) is 5.56 Å². The maximum atomic E-state index is 11.2. The van der Waals surface area contributed by atoms with Crippen molar-refractivity contribution in [2.24, 2.45) is 5.14 Å². The van der Waals surface area contributed by atoms with E-state index in [4.69, 9.17) is 9.88 Å². The number of hydrogen-bond donors (Lipinski definition) is 3. The lowest BCUT2D eigenvalue weighted by atomic mass is 10.1. The second kappa shape index (κ2) is 5.31. The molecule has 0 radical (unpaired) electrons. The molecule has 0 aliphatic carbocycles. The van der Waals surface area contributed by atoms with Gasteiger partial charge in [-0.05, 0) is 24.6 Å². The van der Waals surface area contributed by atoms with Crippen molar-refractivity contribution in [2.75, 3.05) is 6.61 Å². The smallest absolute Gasteiger partial charge is 0.310 e. The summed E-state index contributed by atoms with van der Waals surface area (Å²) >= 11 is 0. The molecule has 0 spiro atoms. The molecule has 0 bridgehead atoms. The first kappa shape index (κ1) is 13.0. The van der Waals surface area contributed by atoms with E-state index in [9.17, 15) is 13.9 Å². The van der Waals surface area contributed by atoms with Crippen molar-refractivity contribution in [2.45, 2.75) is 18.2 Å². The zero-order valence-electron chi connectivity index (χ0n) is 8.92. The number of carbonyl (C=O) groups is 1. The summed E-state index contributed by atoms with van der Waals surface area (Å²) in [6.07, 6.45) is 0.165. The van der Waals surface area contributed by atoms with Crippen LogP contribution in [-0.2, 0) is 16.0 Å². The van der Waals surface area contributed by atoms with Crippen molar-refractivity contribution >= 4 is 16.7 Å². The van der Waals surface area contributed by atoms with Crippen molar-refractivity contribution < 1.29 is 18.6 Å². The van der Waals surface area contributed by atoms with Gasteiger partial charge in [-0.15, -0.1) is 10.8 Å². The number of esters is 1. The van der Waals surface area contributed by atoms with Gasteiger partial charge in [0.25, 0.3) is 0 Å². The number of ether oxygens (including phenoxy) is 1. The van der Waals surface area contributed by atoms with Crippen molar-refractivity contribution in [1.29, 1.82) is 0 Å². The van der Waals surface area contributed by atoms with Crippen LogP contribution in [0, 0.1) is 0 Å². The van der Waals surface area contributed by atoms with Gasteiger partial charge in [0.1, 0.15) is 0 Å². The van der Waals surface area contributed by atoms with Crippen LogP contribution in [0.15, 0.2) is 29.2 Å². The van der Waals surface area contributed by atoms with E-state index >= 15 is 0 Å². The van der Waals surface area contributed by atoms with Gasteiger partial charge in [-0.25, -0.2) is 5.14 Å². The fourth-order valence-corrected chi connectivity index (χ4v) is 1.72. The standard InChI is InChI=1S/C10H15NO4S/c1-2-15-10(12)7-8-3-5-9(6-4-8)16(11,13)14/h3-6,13-14H,2,7,11H2,1H3. The minimum absolute atomic E-state index is 0.165. The van der Waals surface area contributed by atoms with Crippen LogP contribution in [-0.4, -0.2) is 21.7 Å². The quantitative estimate of drug-likeness (QED) is 0.703. The predicted octanol–water partition coefficient (Wildman–Crippen LogP) is 1.78. The largest absolute Gasteiger partial charge is 0.466 e. The molecule has 0 saturated carbocycles. The molecule has 0 unspecified atom stereocenters. The normalized spacial score (nSPS) is 12.2. The van der Waals surface area contributed by atoms with E-state index in [1.165, 1.54) is 12.1 Å². The van der Waals surface area contributed by atoms with Crippen LogP contribution in [0.3, 0.4) is 0 Å². The summed E-state index contributed by atoms with van der Waals surface area (Å²) in [4.78, 5) is 11.4. The van der Waals surface area contributed by atoms with Crippen molar-refractivity contribution in [1.82, 2.24) is 0 Å². The molecule has 16 heavy (non-hydrogen) atoms. The fraction of sp³-hybridized carbons (Fsp3) is 0.300. The van der Waals surface area contributed by atoms with E-state index < -0.39 is 10.8 Å². The zero-order chi connectivity index (χ0) is 12.2. The maximum absolute atomic E-state index is 11.2. The minimum atomic E-state index is -3.17. The Balaban J connectivity index is 2.69. The highest BCUT2D eigenvalue weighted by Crippen LogP contribution is 2.39. The molecule has 1 rings (SSSR count). The van der Waals surface area contributed by atoms with Gasteiger partial charge >= 0.3 is 5.97 Å². The molecule has 5 nitrogen and oxygen atoms in total. The van der Waals surface area contributed by atoms with Gasteiger partial charge in [-0.2, -0.15) is 0 Å². The molecule has 0 heterocycles. The number of rotatable bonds is 4. The Bertz CT molecular complexity index is 358. The summed E-state index contributed by atoms with van der Waals surface area (Å²) < 4.78 is 23.1. The summed E-state index contributed by atoms with van der Waals surface area (Å²) in [5.41, 5.74) is 0.742. The molecule has 0 fully saturated rings. The molecular weight excluding hydrogens is 230 g/mol. The summed E-state index contributed by atoms with van der Waals surface area (Å²) in [7, 11) is -3.17. The Hall–Kier alpha value is -1.08. The molecule has 0 aromatic heterocycles. The zero-order valence-corrected chi connectivity index (χ0v) is 9.74. The molecule has 0 atom stereocenters. The van der Waals surface area contributed by atoms with Crippen molar-refractivity contribution in [3.63, 3.8) is 0 Å². The average molecular weight is 245 g/mol. The Kier molecular flexibility index (Phi) is 4.31. The molecule has 0 saturated heterocycles. The molecule has 1 aromatic rings. The lowest BCUT2D eigenvalue weighted by Gasteiger charge is -2.26. The van der Waals surface area contributed by atoms with Gasteiger partial charge in [0.2, 0.25) is 0 Å². The molecule has 4 N–H and O–H groups in total. The number of hydrogen-bond acceptors (Lipinski definition) is 5. The van der Waals surface area contributed by atoms with Crippen LogP contribution < -0.4 is 5.14 Å². The van der Waals surface area contributed by atoms with Crippen LogP contribution in [0.5, 0.6) is 0 Å². The number of benzene rings is 1.